The largest absolute Gasteiger partial charge is 0.339 e. The number of rotatable bonds is 3. The van der Waals surface area contributed by atoms with Gasteiger partial charge in [-0.05, 0) is 55.8 Å². The van der Waals surface area contributed by atoms with Crippen molar-refractivity contribution < 1.29 is 14.0 Å². The van der Waals surface area contributed by atoms with E-state index in [1.54, 1.807) is 17.0 Å². The Morgan fingerprint density at radius 1 is 1.32 bits per heavy atom. The van der Waals surface area contributed by atoms with Crippen LogP contribution in [0.3, 0.4) is 0 Å². The Hall–Kier alpha value is -2.48. The minimum atomic E-state index is -0.430. The van der Waals surface area contributed by atoms with Gasteiger partial charge in [0.05, 0.1) is 5.69 Å². The smallest absolute Gasteiger partial charge is 0.245 e. The molecule has 25 heavy (non-hydrogen) atoms. The number of thiocarbonyl (C=S) groups is 1. The van der Waals surface area contributed by atoms with Crippen molar-refractivity contribution in [2.24, 2.45) is 5.92 Å². The number of anilines is 1. The Morgan fingerprint density at radius 2 is 2.00 bits per heavy atom. The van der Waals surface area contributed by atoms with E-state index in [1.165, 1.54) is 12.1 Å². The second-order valence-electron chi connectivity index (χ2n) is 5.86. The zero-order valence-corrected chi connectivity index (χ0v) is 14.8. The number of nitrogens with one attached hydrogen (secondary N) is 3. The van der Waals surface area contributed by atoms with E-state index in [9.17, 15) is 14.0 Å². The van der Waals surface area contributed by atoms with Gasteiger partial charge in [0, 0.05) is 19.0 Å². The number of carbonyl (C=O) groups excluding carboxylic acids is 2. The van der Waals surface area contributed by atoms with Gasteiger partial charge in [0.2, 0.25) is 11.8 Å². The van der Waals surface area contributed by atoms with Crippen molar-refractivity contribution in [1.82, 2.24) is 15.8 Å². The second kappa shape index (κ2) is 8.57. The summed E-state index contributed by atoms with van der Waals surface area (Å²) in [4.78, 5) is 25.3. The first kappa shape index (κ1) is 18.9. The van der Waals surface area contributed by atoms with Gasteiger partial charge in [-0.1, -0.05) is 12.6 Å². The molecule has 1 fully saturated rings. The SMILES string of the molecule is C=CC(=O)N1CCC(C(=O)NNC(=S)Nc2cc(C)ccc2F)CC1. The highest BCUT2D eigenvalue weighted by molar-refractivity contribution is 7.80. The van der Waals surface area contributed by atoms with E-state index in [2.05, 4.69) is 22.7 Å². The zero-order chi connectivity index (χ0) is 18.4. The van der Waals surface area contributed by atoms with Crippen molar-refractivity contribution in [1.29, 1.82) is 0 Å². The summed E-state index contributed by atoms with van der Waals surface area (Å²) in [6, 6.07) is 4.62. The average molecular weight is 364 g/mol. The fraction of sp³-hybridized carbons (Fsp3) is 0.353. The molecule has 1 aromatic carbocycles. The van der Waals surface area contributed by atoms with E-state index in [1.807, 2.05) is 6.92 Å². The topological polar surface area (TPSA) is 73.5 Å². The van der Waals surface area contributed by atoms with Crippen LogP contribution >= 0.6 is 12.2 Å². The van der Waals surface area contributed by atoms with Gasteiger partial charge in [0.1, 0.15) is 5.82 Å². The van der Waals surface area contributed by atoms with Gasteiger partial charge in [-0.2, -0.15) is 0 Å². The molecular formula is C17H21FN4O2S. The molecule has 0 unspecified atom stereocenters. The standard InChI is InChI=1S/C17H21FN4O2S/c1-3-15(23)22-8-6-12(7-9-22)16(24)20-21-17(25)19-14-10-11(2)4-5-13(14)18/h3-5,10,12H,1,6-9H2,2H3,(H,20,24)(H2,19,21,25). The van der Waals surface area contributed by atoms with Crippen LogP contribution in [0.4, 0.5) is 10.1 Å². The summed E-state index contributed by atoms with van der Waals surface area (Å²) in [7, 11) is 0. The number of hydrogen-bond donors (Lipinski definition) is 3. The summed E-state index contributed by atoms with van der Waals surface area (Å²) in [5, 5.41) is 2.80. The number of hydrogen-bond acceptors (Lipinski definition) is 3. The summed E-state index contributed by atoms with van der Waals surface area (Å²) >= 11 is 5.06. The van der Waals surface area contributed by atoms with Crippen LogP contribution in [0.1, 0.15) is 18.4 Å². The Bertz CT molecular complexity index is 687. The third kappa shape index (κ3) is 5.25. The molecule has 0 spiro atoms. The van der Waals surface area contributed by atoms with Crippen LogP contribution in [0.15, 0.2) is 30.9 Å². The number of halogens is 1. The normalized spacial score (nSPS) is 14.6. The predicted octanol–water partition coefficient (Wildman–Crippen LogP) is 1.88. The van der Waals surface area contributed by atoms with Gasteiger partial charge in [0.25, 0.3) is 0 Å². The first-order chi connectivity index (χ1) is 11.9. The van der Waals surface area contributed by atoms with E-state index < -0.39 is 5.82 Å². The number of amides is 2. The summed E-state index contributed by atoms with van der Waals surface area (Å²) < 4.78 is 13.7. The molecular weight excluding hydrogens is 343 g/mol. The molecule has 0 saturated carbocycles. The average Bonchev–Trinajstić information content (AvgIpc) is 2.62. The van der Waals surface area contributed by atoms with Crippen LogP contribution in [-0.4, -0.2) is 34.9 Å². The number of aryl methyl sites for hydroxylation is 1. The predicted molar refractivity (Wildman–Crippen MR) is 98.1 cm³/mol. The first-order valence-electron chi connectivity index (χ1n) is 7.95. The van der Waals surface area contributed by atoms with Crippen molar-refractivity contribution in [2.75, 3.05) is 18.4 Å². The lowest BCUT2D eigenvalue weighted by molar-refractivity contribution is -0.132. The molecule has 1 saturated heterocycles. The van der Waals surface area contributed by atoms with Crippen molar-refractivity contribution in [3.8, 4) is 0 Å². The summed E-state index contributed by atoms with van der Waals surface area (Å²) in [5.41, 5.74) is 6.23. The lowest BCUT2D eigenvalue weighted by Gasteiger charge is -2.30. The minimum absolute atomic E-state index is 0.0946. The first-order valence-corrected chi connectivity index (χ1v) is 8.36. The minimum Gasteiger partial charge on any atom is -0.339 e. The molecule has 2 amide bonds. The quantitative estimate of drug-likeness (QED) is 0.434. The molecule has 134 valence electrons. The van der Waals surface area contributed by atoms with Crippen molar-refractivity contribution >= 4 is 34.8 Å². The molecule has 6 nitrogen and oxygen atoms in total. The maximum Gasteiger partial charge on any atom is 0.245 e. The van der Waals surface area contributed by atoms with Gasteiger partial charge >= 0.3 is 0 Å². The van der Waals surface area contributed by atoms with E-state index in [4.69, 9.17) is 12.2 Å². The summed E-state index contributed by atoms with van der Waals surface area (Å²) in [5.74, 6) is -0.970. The van der Waals surface area contributed by atoms with Gasteiger partial charge < -0.3 is 10.2 Å². The highest BCUT2D eigenvalue weighted by Crippen LogP contribution is 2.17. The number of piperidine rings is 1. The summed E-state index contributed by atoms with van der Waals surface area (Å²) in [6.45, 7) is 6.32. The van der Waals surface area contributed by atoms with Crippen molar-refractivity contribution in [2.45, 2.75) is 19.8 Å². The number of carbonyl (C=O) groups is 2. The molecule has 0 aromatic heterocycles. The Balaban J connectivity index is 1.78. The highest BCUT2D eigenvalue weighted by atomic mass is 32.1. The van der Waals surface area contributed by atoms with Gasteiger partial charge in [0.15, 0.2) is 5.11 Å². The Kier molecular flexibility index (Phi) is 6.46. The number of hydrazine groups is 1. The second-order valence-corrected chi connectivity index (χ2v) is 6.26. The van der Waals surface area contributed by atoms with E-state index in [0.29, 0.717) is 25.9 Å². The monoisotopic (exact) mass is 364 g/mol. The zero-order valence-electron chi connectivity index (χ0n) is 14.0. The maximum atomic E-state index is 13.7. The lowest BCUT2D eigenvalue weighted by Crippen LogP contribution is -2.49. The highest BCUT2D eigenvalue weighted by Gasteiger charge is 2.26. The van der Waals surface area contributed by atoms with Gasteiger partial charge in [-0.15, -0.1) is 0 Å². The molecule has 0 radical (unpaired) electrons. The van der Waals surface area contributed by atoms with Crippen molar-refractivity contribution in [3.63, 3.8) is 0 Å². The number of nitrogens with zero attached hydrogens (tertiary/aromatic N) is 1. The lowest BCUT2D eigenvalue weighted by atomic mass is 9.96. The Morgan fingerprint density at radius 3 is 2.64 bits per heavy atom. The third-order valence-electron chi connectivity index (χ3n) is 4.02. The molecule has 1 aliphatic heterocycles. The van der Waals surface area contributed by atoms with Crippen LogP contribution in [0.2, 0.25) is 0 Å². The molecule has 1 heterocycles. The van der Waals surface area contributed by atoms with Gasteiger partial charge in [-0.3, -0.25) is 20.4 Å². The Labute approximate surface area is 151 Å². The molecule has 3 N–H and O–H groups in total. The van der Waals surface area contributed by atoms with Crippen LogP contribution in [0, 0.1) is 18.7 Å². The van der Waals surface area contributed by atoms with Gasteiger partial charge in [-0.25, -0.2) is 4.39 Å². The number of benzene rings is 1. The van der Waals surface area contributed by atoms with Crippen LogP contribution < -0.4 is 16.2 Å². The van der Waals surface area contributed by atoms with E-state index in [-0.39, 0.29) is 28.5 Å². The maximum absolute atomic E-state index is 13.7. The van der Waals surface area contributed by atoms with Crippen LogP contribution in [-0.2, 0) is 9.59 Å². The van der Waals surface area contributed by atoms with E-state index >= 15 is 0 Å². The molecule has 8 heteroatoms. The molecule has 1 aliphatic rings. The molecule has 0 atom stereocenters. The van der Waals surface area contributed by atoms with Crippen molar-refractivity contribution in [3.05, 3.63) is 42.2 Å². The molecule has 1 aromatic rings. The summed E-state index contributed by atoms with van der Waals surface area (Å²) in [6.07, 6.45) is 2.41. The van der Waals surface area contributed by atoms with Crippen LogP contribution in [0.5, 0.6) is 0 Å². The fourth-order valence-electron chi connectivity index (χ4n) is 2.60. The number of likely N-dealkylation sites (tertiary alicyclic amines) is 1. The van der Waals surface area contributed by atoms with Crippen LogP contribution in [0.25, 0.3) is 0 Å². The third-order valence-corrected chi connectivity index (χ3v) is 4.23. The molecule has 2 rings (SSSR count). The molecule has 0 bridgehead atoms. The van der Waals surface area contributed by atoms with E-state index in [0.717, 1.165) is 5.56 Å². The molecule has 0 aliphatic carbocycles. The fourth-order valence-corrected chi connectivity index (χ4v) is 2.76.